The molecule has 1 unspecified atom stereocenters. The van der Waals surface area contributed by atoms with Gasteiger partial charge in [-0.3, -0.25) is 0 Å². The second-order valence-corrected chi connectivity index (χ2v) is 5.26. The second-order valence-electron chi connectivity index (χ2n) is 4.85. The minimum absolute atomic E-state index is 0.512. The first-order valence-corrected chi connectivity index (χ1v) is 6.74. The van der Waals surface area contributed by atoms with Gasteiger partial charge in [-0.15, -0.1) is 0 Å². The van der Waals surface area contributed by atoms with Crippen molar-refractivity contribution in [1.82, 2.24) is 5.32 Å². The molecule has 0 aromatic heterocycles. The van der Waals surface area contributed by atoms with Gasteiger partial charge in [-0.2, -0.15) is 0 Å². The minimum atomic E-state index is 0.512. The Balaban J connectivity index is 1.76. The van der Waals surface area contributed by atoms with Crippen molar-refractivity contribution in [2.45, 2.75) is 25.4 Å². The van der Waals surface area contributed by atoms with Crippen molar-refractivity contribution >= 4 is 11.6 Å². The van der Waals surface area contributed by atoms with Crippen LogP contribution in [0, 0.1) is 0 Å². The molecule has 0 fully saturated rings. The van der Waals surface area contributed by atoms with Gasteiger partial charge in [-0.05, 0) is 35.6 Å². The molecule has 2 heteroatoms. The Hall–Kier alpha value is -1.31. The first-order chi connectivity index (χ1) is 8.83. The third kappa shape index (κ3) is 2.43. The second kappa shape index (κ2) is 5.13. The summed E-state index contributed by atoms with van der Waals surface area (Å²) in [4.78, 5) is 0. The molecule has 3 rings (SSSR count). The third-order valence-corrected chi connectivity index (χ3v) is 3.93. The van der Waals surface area contributed by atoms with E-state index in [0.717, 1.165) is 24.4 Å². The molecule has 1 nitrogen and oxygen atoms in total. The summed E-state index contributed by atoms with van der Waals surface area (Å²) in [6.07, 6.45) is 2.14. The molecule has 0 spiro atoms. The molecule has 0 saturated heterocycles. The van der Waals surface area contributed by atoms with E-state index in [1.165, 1.54) is 16.7 Å². The smallest absolute Gasteiger partial charge is 0.0453 e. The molecule has 18 heavy (non-hydrogen) atoms. The van der Waals surface area contributed by atoms with Crippen molar-refractivity contribution in [3.05, 3.63) is 70.2 Å². The van der Waals surface area contributed by atoms with Crippen LogP contribution in [0.15, 0.2) is 48.5 Å². The van der Waals surface area contributed by atoms with Crippen molar-refractivity contribution in [3.8, 4) is 0 Å². The molecule has 1 heterocycles. The van der Waals surface area contributed by atoms with Crippen molar-refractivity contribution < 1.29 is 0 Å². The van der Waals surface area contributed by atoms with E-state index >= 15 is 0 Å². The lowest BCUT2D eigenvalue weighted by molar-refractivity contribution is 0.477. The first-order valence-electron chi connectivity index (χ1n) is 6.36. The van der Waals surface area contributed by atoms with Gasteiger partial charge in [-0.25, -0.2) is 0 Å². The lowest BCUT2D eigenvalue weighted by Crippen LogP contribution is -2.37. The molecule has 0 amide bonds. The third-order valence-electron chi connectivity index (χ3n) is 3.57. The van der Waals surface area contributed by atoms with Crippen LogP contribution in [0.4, 0.5) is 0 Å². The monoisotopic (exact) mass is 257 g/mol. The summed E-state index contributed by atoms with van der Waals surface area (Å²) in [6, 6.07) is 17.4. The summed E-state index contributed by atoms with van der Waals surface area (Å²) in [6.45, 7) is 0.881. The first kappa shape index (κ1) is 11.8. The maximum absolute atomic E-state index is 6.21. The maximum atomic E-state index is 6.21. The maximum Gasteiger partial charge on any atom is 0.0453 e. The lowest BCUT2D eigenvalue weighted by atomic mass is 9.92. The Morgan fingerprint density at radius 1 is 1.06 bits per heavy atom. The van der Waals surface area contributed by atoms with Gasteiger partial charge in [0.15, 0.2) is 0 Å². The SMILES string of the molecule is Clc1cccc2c1CNC(Cc1ccccc1)C2. The molecule has 1 N–H and O–H groups in total. The number of fused-ring (bicyclic) bond motifs is 1. The summed E-state index contributed by atoms with van der Waals surface area (Å²) in [7, 11) is 0. The van der Waals surface area contributed by atoms with Crippen molar-refractivity contribution in [1.29, 1.82) is 0 Å². The van der Waals surface area contributed by atoms with E-state index < -0.39 is 0 Å². The van der Waals surface area contributed by atoms with Gasteiger partial charge in [0.05, 0.1) is 0 Å². The molecule has 1 aliphatic rings. The molecule has 0 radical (unpaired) electrons. The van der Waals surface area contributed by atoms with Crippen LogP contribution in [0.2, 0.25) is 5.02 Å². The fraction of sp³-hybridized carbons (Fsp3) is 0.250. The zero-order valence-corrected chi connectivity index (χ0v) is 11.0. The normalized spacial score (nSPS) is 18.4. The average Bonchev–Trinajstić information content (AvgIpc) is 2.40. The van der Waals surface area contributed by atoms with E-state index in [0.29, 0.717) is 6.04 Å². The topological polar surface area (TPSA) is 12.0 Å². The predicted octanol–water partition coefficient (Wildman–Crippen LogP) is 3.60. The van der Waals surface area contributed by atoms with E-state index in [1.807, 2.05) is 12.1 Å². The fourth-order valence-electron chi connectivity index (χ4n) is 2.62. The van der Waals surface area contributed by atoms with Gasteiger partial charge in [0.1, 0.15) is 0 Å². The Labute approximate surface area is 113 Å². The Kier molecular flexibility index (Phi) is 3.35. The summed E-state index contributed by atoms with van der Waals surface area (Å²) in [5.74, 6) is 0. The quantitative estimate of drug-likeness (QED) is 0.867. The lowest BCUT2D eigenvalue weighted by Gasteiger charge is -2.27. The number of nitrogens with one attached hydrogen (secondary N) is 1. The summed E-state index contributed by atoms with van der Waals surface area (Å²) < 4.78 is 0. The minimum Gasteiger partial charge on any atom is -0.309 e. The molecule has 1 atom stereocenters. The molecule has 0 saturated carbocycles. The van der Waals surface area contributed by atoms with Gasteiger partial charge in [-0.1, -0.05) is 54.1 Å². The Morgan fingerprint density at radius 2 is 1.89 bits per heavy atom. The highest BCUT2D eigenvalue weighted by molar-refractivity contribution is 6.31. The van der Waals surface area contributed by atoms with Gasteiger partial charge < -0.3 is 5.32 Å². The van der Waals surface area contributed by atoms with Crippen LogP contribution in [0.3, 0.4) is 0 Å². The fourth-order valence-corrected chi connectivity index (χ4v) is 2.88. The van der Waals surface area contributed by atoms with Crippen LogP contribution in [0.1, 0.15) is 16.7 Å². The zero-order valence-electron chi connectivity index (χ0n) is 10.2. The van der Waals surface area contributed by atoms with Crippen LogP contribution < -0.4 is 5.32 Å². The van der Waals surface area contributed by atoms with Crippen LogP contribution in [-0.2, 0) is 19.4 Å². The average molecular weight is 258 g/mol. The summed E-state index contributed by atoms with van der Waals surface area (Å²) in [5.41, 5.74) is 4.05. The molecular weight excluding hydrogens is 242 g/mol. The van der Waals surface area contributed by atoms with Crippen LogP contribution in [0.25, 0.3) is 0 Å². The summed E-state index contributed by atoms with van der Waals surface area (Å²) >= 11 is 6.21. The highest BCUT2D eigenvalue weighted by Gasteiger charge is 2.19. The number of halogens is 1. The highest BCUT2D eigenvalue weighted by Crippen LogP contribution is 2.25. The number of hydrogen-bond donors (Lipinski definition) is 1. The Bertz CT molecular complexity index is 536. The van der Waals surface area contributed by atoms with E-state index in [-0.39, 0.29) is 0 Å². The van der Waals surface area contributed by atoms with E-state index in [4.69, 9.17) is 11.6 Å². The molecular formula is C16H16ClN. The number of rotatable bonds is 2. The standard InChI is InChI=1S/C16H16ClN/c17-16-8-4-7-13-10-14(18-11-15(13)16)9-12-5-2-1-3-6-12/h1-8,14,18H,9-11H2. The van der Waals surface area contributed by atoms with Crippen molar-refractivity contribution in [3.63, 3.8) is 0 Å². The van der Waals surface area contributed by atoms with E-state index in [9.17, 15) is 0 Å². The van der Waals surface area contributed by atoms with Gasteiger partial charge in [0.25, 0.3) is 0 Å². The molecule has 1 aliphatic heterocycles. The molecule has 2 aromatic carbocycles. The van der Waals surface area contributed by atoms with E-state index in [1.54, 1.807) is 0 Å². The predicted molar refractivity (Wildman–Crippen MR) is 75.9 cm³/mol. The number of hydrogen-bond acceptors (Lipinski definition) is 1. The van der Waals surface area contributed by atoms with Crippen LogP contribution in [-0.4, -0.2) is 6.04 Å². The molecule has 2 aromatic rings. The van der Waals surface area contributed by atoms with Crippen LogP contribution in [0.5, 0.6) is 0 Å². The highest BCUT2D eigenvalue weighted by atomic mass is 35.5. The van der Waals surface area contributed by atoms with Crippen molar-refractivity contribution in [2.24, 2.45) is 0 Å². The number of benzene rings is 2. The molecule has 0 aliphatic carbocycles. The molecule has 92 valence electrons. The van der Waals surface area contributed by atoms with Gasteiger partial charge >= 0.3 is 0 Å². The summed E-state index contributed by atoms with van der Waals surface area (Å²) in [5, 5.41) is 4.47. The van der Waals surface area contributed by atoms with Crippen LogP contribution >= 0.6 is 11.6 Å². The zero-order chi connectivity index (χ0) is 12.4. The van der Waals surface area contributed by atoms with Crippen molar-refractivity contribution in [2.75, 3.05) is 0 Å². The van der Waals surface area contributed by atoms with Gasteiger partial charge in [0, 0.05) is 17.6 Å². The molecule has 0 bridgehead atoms. The largest absolute Gasteiger partial charge is 0.309 e. The van der Waals surface area contributed by atoms with Gasteiger partial charge in [0.2, 0.25) is 0 Å². The Morgan fingerprint density at radius 3 is 2.72 bits per heavy atom. The van der Waals surface area contributed by atoms with E-state index in [2.05, 4.69) is 41.7 Å².